The van der Waals surface area contributed by atoms with Crippen molar-refractivity contribution in [3.8, 4) is 0 Å². The molecule has 0 saturated carbocycles. The van der Waals surface area contributed by atoms with Gasteiger partial charge in [0.05, 0.1) is 5.56 Å². The summed E-state index contributed by atoms with van der Waals surface area (Å²) < 4.78 is 0. The minimum atomic E-state index is -1.13. The third-order valence-electron chi connectivity index (χ3n) is 3.04. The molecule has 1 aliphatic rings. The Hall–Kier alpha value is -2.90. The number of nitrogens with zero attached hydrogens (tertiary/aromatic N) is 2. The smallest absolute Gasteiger partial charge is 0.335 e. The highest BCUT2D eigenvalue weighted by molar-refractivity contribution is 6.13. The van der Waals surface area contributed by atoms with Gasteiger partial charge in [-0.1, -0.05) is 6.07 Å². The number of rotatable bonds is 4. The van der Waals surface area contributed by atoms with Crippen LogP contribution in [0.5, 0.6) is 0 Å². The van der Waals surface area contributed by atoms with Crippen LogP contribution in [0.25, 0.3) is 0 Å². The van der Waals surface area contributed by atoms with Gasteiger partial charge in [-0.3, -0.25) is 19.4 Å². The monoisotopic (exact) mass is 291 g/mol. The average molecular weight is 291 g/mol. The number of likely N-dealkylation sites (N-methyl/N-ethyl adjacent to an activating group) is 1. The Bertz CT molecular complexity index is 628. The second-order valence-electron chi connectivity index (χ2n) is 4.38. The van der Waals surface area contributed by atoms with E-state index in [1.165, 1.54) is 31.3 Å². The lowest BCUT2D eigenvalue weighted by Gasteiger charge is -2.16. The molecule has 0 aromatic heterocycles. The molecular weight excluding hydrogens is 278 g/mol. The molecule has 0 bridgehead atoms. The standard InChI is InChI=1S/C13H13N3O5/c1-14-10(17)6-16-11(18)7-15(13(16)21)9-4-2-3-8(5-9)12(19)20/h2-5H,6-7H2,1H3,(H,14,17)(H,19,20). The number of carboxylic acid groups (broad SMARTS) is 1. The van der Waals surface area contributed by atoms with Crippen LogP contribution >= 0.6 is 0 Å². The van der Waals surface area contributed by atoms with Crippen LogP contribution in [0.15, 0.2) is 24.3 Å². The van der Waals surface area contributed by atoms with E-state index in [1.54, 1.807) is 0 Å². The van der Waals surface area contributed by atoms with E-state index in [0.29, 0.717) is 5.69 Å². The number of carbonyl (C=O) groups excluding carboxylic acids is 3. The van der Waals surface area contributed by atoms with Crippen LogP contribution in [-0.4, -0.2) is 54.0 Å². The van der Waals surface area contributed by atoms with E-state index in [0.717, 1.165) is 9.80 Å². The molecule has 1 fully saturated rings. The second kappa shape index (κ2) is 5.61. The highest BCUT2D eigenvalue weighted by Gasteiger charge is 2.37. The summed E-state index contributed by atoms with van der Waals surface area (Å²) in [5.74, 6) is -2.10. The number of nitrogens with one attached hydrogen (secondary N) is 1. The second-order valence-corrected chi connectivity index (χ2v) is 4.38. The molecule has 2 N–H and O–H groups in total. The van der Waals surface area contributed by atoms with Crippen molar-refractivity contribution in [2.24, 2.45) is 0 Å². The Morgan fingerprint density at radius 3 is 2.67 bits per heavy atom. The Balaban J connectivity index is 2.24. The van der Waals surface area contributed by atoms with Crippen molar-refractivity contribution in [1.29, 1.82) is 0 Å². The molecule has 8 nitrogen and oxygen atoms in total. The first kappa shape index (κ1) is 14.5. The van der Waals surface area contributed by atoms with Gasteiger partial charge in [0, 0.05) is 12.7 Å². The lowest BCUT2D eigenvalue weighted by atomic mass is 10.2. The summed E-state index contributed by atoms with van der Waals surface area (Å²) in [4.78, 5) is 48.1. The lowest BCUT2D eigenvalue weighted by Crippen LogP contribution is -2.40. The molecule has 110 valence electrons. The molecule has 1 aromatic carbocycles. The molecule has 1 heterocycles. The fourth-order valence-electron chi connectivity index (χ4n) is 1.93. The van der Waals surface area contributed by atoms with Gasteiger partial charge in [0.15, 0.2) is 0 Å². The number of anilines is 1. The van der Waals surface area contributed by atoms with E-state index < -0.39 is 23.8 Å². The molecule has 8 heteroatoms. The number of aromatic carboxylic acids is 1. The minimum Gasteiger partial charge on any atom is -0.478 e. The number of hydrogen-bond donors (Lipinski definition) is 2. The molecular formula is C13H13N3O5. The van der Waals surface area contributed by atoms with Gasteiger partial charge in [0.25, 0.3) is 5.91 Å². The zero-order chi connectivity index (χ0) is 15.6. The molecule has 0 atom stereocenters. The van der Waals surface area contributed by atoms with Crippen LogP contribution in [0.4, 0.5) is 10.5 Å². The van der Waals surface area contributed by atoms with Gasteiger partial charge in [-0.05, 0) is 18.2 Å². The van der Waals surface area contributed by atoms with Crippen molar-refractivity contribution in [2.45, 2.75) is 0 Å². The van der Waals surface area contributed by atoms with Crippen molar-refractivity contribution in [2.75, 3.05) is 25.0 Å². The molecule has 4 amide bonds. The molecule has 21 heavy (non-hydrogen) atoms. The van der Waals surface area contributed by atoms with Crippen molar-refractivity contribution in [1.82, 2.24) is 10.2 Å². The summed E-state index contributed by atoms with van der Waals surface area (Å²) >= 11 is 0. The number of imide groups is 1. The summed E-state index contributed by atoms with van der Waals surface area (Å²) in [5.41, 5.74) is 0.310. The Kier molecular flexibility index (Phi) is 3.88. The van der Waals surface area contributed by atoms with E-state index in [2.05, 4.69) is 5.32 Å². The zero-order valence-corrected chi connectivity index (χ0v) is 11.2. The van der Waals surface area contributed by atoms with Crippen molar-refractivity contribution >= 4 is 29.5 Å². The first-order valence-electron chi connectivity index (χ1n) is 6.10. The maximum absolute atomic E-state index is 12.2. The third-order valence-corrected chi connectivity index (χ3v) is 3.04. The van der Waals surface area contributed by atoms with Crippen LogP contribution in [0.3, 0.4) is 0 Å². The maximum atomic E-state index is 12.2. The Morgan fingerprint density at radius 1 is 1.33 bits per heavy atom. The van der Waals surface area contributed by atoms with E-state index in [1.807, 2.05) is 0 Å². The fourth-order valence-corrected chi connectivity index (χ4v) is 1.93. The average Bonchev–Trinajstić information content (AvgIpc) is 2.75. The summed E-state index contributed by atoms with van der Waals surface area (Å²) in [7, 11) is 1.40. The van der Waals surface area contributed by atoms with Crippen LogP contribution in [0.2, 0.25) is 0 Å². The molecule has 1 saturated heterocycles. The molecule has 1 aliphatic heterocycles. The molecule has 1 aromatic rings. The lowest BCUT2D eigenvalue weighted by molar-refractivity contribution is -0.130. The summed E-state index contributed by atoms with van der Waals surface area (Å²) in [6.07, 6.45) is 0. The number of carboxylic acids is 1. The number of urea groups is 1. The molecule has 0 unspecified atom stereocenters. The van der Waals surface area contributed by atoms with Gasteiger partial charge >= 0.3 is 12.0 Å². The summed E-state index contributed by atoms with van der Waals surface area (Å²) in [6.45, 7) is -0.581. The predicted molar refractivity (Wildman–Crippen MR) is 71.9 cm³/mol. The largest absolute Gasteiger partial charge is 0.478 e. The van der Waals surface area contributed by atoms with E-state index in [9.17, 15) is 19.2 Å². The number of hydrogen-bond acceptors (Lipinski definition) is 4. The third kappa shape index (κ3) is 2.83. The normalized spacial score (nSPS) is 14.5. The fraction of sp³-hybridized carbons (Fsp3) is 0.231. The first-order chi connectivity index (χ1) is 9.93. The quantitative estimate of drug-likeness (QED) is 0.753. The highest BCUT2D eigenvalue weighted by Crippen LogP contribution is 2.22. The summed E-state index contributed by atoms with van der Waals surface area (Å²) in [6, 6.07) is 5.05. The van der Waals surface area contributed by atoms with Gasteiger partial charge in [-0.15, -0.1) is 0 Å². The van der Waals surface area contributed by atoms with E-state index in [-0.39, 0.29) is 18.7 Å². The Morgan fingerprint density at radius 2 is 2.05 bits per heavy atom. The zero-order valence-electron chi connectivity index (χ0n) is 11.2. The number of carbonyl (C=O) groups is 4. The van der Waals surface area contributed by atoms with Crippen molar-refractivity contribution in [3.05, 3.63) is 29.8 Å². The SMILES string of the molecule is CNC(=O)CN1C(=O)CN(c2cccc(C(=O)O)c2)C1=O. The molecule has 0 radical (unpaired) electrons. The van der Waals surface area contributed by atoms with Gasteiger partial charge in [0.2, 0.25) is 5.91 Å². The molecule has 2 rings (SSSR count). The molecule has 0 aliphatic carbocycles. The van der Waals surface area contributed by atoms with Crippen LogP contribution in [-0.2, 0) is 9.59 Å². The van der Waals surface area contributed by atoms with Gasteiger partial charge in [-0.25, -0.2) is 9.59 Å². The Labute approximate surface area is 119 Å². The van der Waals surface area contributed by atoms with E-state index >= 15 is 0 Å². The number of benzene rings is 1. The van der Waals surface area contributed by atoms with E-state index in [4.69, 9.17) is 5.11 Å². The summed E-state index contributed by atoms with van der Waals surface area (Å²) in [5, 5.41) is 11.3. The van der Waals surface area contributed by atoms with Gasteiger partial charge in [0.1, 0.15) is 13.1 Å². The topological polar surface area (TPSA) is 107 Å². The van der Waals surface area contributed by atoms with Gasteiger partial charge < -0.3 is 10.4 Å². The maximum Gasteiger partial charge on any atom is 0.335 e. The molecule has 0 spiro atoms. The van der Waals surface area contributed by atoms with Crippen LogP contribution < -0.4 is 10.2 Å². The highest BCUT2D eigenvalue weighted by atomic mass is 16.4. The predicted octanol–water partition coefficient (Wildman–Crippen LogP) is -0.101. The van der Waals surface area contributed by atoms with Crippen molar-refractivity contribution < 1.29 is 24.3 Å². The van der Waals surface area contributed by atoms with Crippen molar-refractivity contribution in [3.63, 3.8) is 0 Å². The first-order valence-corrected chi connectivity index (χ1v) is 6.10. The van der Waals surface area contributed by atoms with Crippen LogP contribution in [0.1, 0.15) is 10.4 Å². The minimum absolute atomic E-state index is 0.0116. The number of amides is 4. The van der Waals surface area contributed by atoms with Crippen LogP contribution in [0, 0.1) is 0 Å². The van der Waals surface area contributed by atoms with Gasteiger partial charge in [-0.2, -0.15) is 0 Å².